The summed E-state index contributed by atoms with van der Waals surface area (Å²) >= 11 is 0. The van der Waals surface area contributed by atoms with Gasteiger partial charge in [0, 0.05) is 11.1 Å². The number of hydrogen-bond donors (Lipinski definition) is 1. The Morgan fingerprint density at radius 2 is 1.46 bits per heavy atom. The van der Waals surface area contributed by atoms with Crippen molar-refractivity contribution in [2.24, 2.45) is 0 Å². The zero-order chi connectivity index (χ0) is 16.6. The number of nitrogens with one attached hydrogen (secondary N) is 1. The molecule has 0 aliphatic carbocycles. The molecule has 24 heavy (non-hydrogen) atoms. The molecule has 1 N–H and O–H groups in total. The molecule has 2 heterocycles. The maximum Gasteiger partial charge on any atom is 0.418 e. The van der Waals surface area contributed by atoms with Gasteiger partial charge in [0.05, 0.1) is 0 Å². The van der Waals surface area contributed by atoms with Gasteiger partial charge < -0.3 is 4.74 Å². The van der Waals surface area contributed by atoms with E-state index in [1.54, 1.807) is 0 Å². The van der Waals surface area contributed by atoms with E-state index in [4.69, 9.17) is 4.74 Å². The molecule has 2 unspecified atom stereocenters. The van der Waals surface area contributed by atoms with E-state index < -0.39 is 6.04 Å². The number of nitrogens with zero attached hydrogens (tertiary/aromatic N) is 1. The molecular formula is C19H19N2O3+. The van der Waals surface area contributed by atoms with Gasteiger partial charge in [0.25, 0.3) is 0 Å². The molecule has 2 atom stereocenters. The summed E-state index contributed by atoms with van der Waals surface area (Å²) in [6, 6.07) is 18.8. The normalized spacial score (nSPS) is 24.3. The second-order valence-electron chi connectivity index (χ2n) is 6.45. The maximum atomic E-state index is 12.9. The van der Waals surface area contributed by atoms with Crippen molar-refractivity contribution in [3.05, 3.63) is 71.8 Å². The van der Waals surface area contributed by atoms with Gasteiger partial charge in [0.1, 0.15) is 25.7 Å². The molecular weight excluding hydrogens is 304 g/mol. The Kier molecular flexibility index (Phi) is 3.58. The monoisotopic (exact) mass is 323 g/mol. The van der Waals surface area contributed by atoms with Gasteiger partial charge in [0.2, 0.25) is 6.04 Å². The number of carbonyl (C=O) groups excluding carboxylic acids is 2. The minimum atomic E-state index is -0.488. The number of esters is 1. The number of carbonyl (C=O) groups is 2. The first kappa shape index (κ1) is 14.9. The standard InChI is InChI=1S/C19H18N2O3/c22-18-17-16(13-24-18)20-19(23)21(17,11-14-7-3-1-4-8-14)12-15-9-5-2-6-10-15/h1-10,16-17H,11-13H2/p+1. The van der Waals surface area contributed by atoms with Gasteiger partial charge in [-0.1, -0.05) is 60.7 Å². The fourth-order valence-corrected chi connectivity index (χ4v) is 3.81. The Morgan fingerprint density at radius 3 is 2.00 bits per heavy atom. The van der Waals surface area contributed by atoms with Crippen LogP contribution >= 0.6 is 0 Å². The zero-order valence-electron chi connectivity index (χ0n) is 13.2. The topological polar surface area (TPSA) is 55.4 Å². The van der Waals surface area contributed by atoms with Crippen LogP contribution < -0.4 is 5.32 Å². The van der Waals surface area contributed by atoms with Gasteiger partial charge >= 0.3 is 12.0 Å². The number of quaternary nitrogens is 1. The van der Waals surface area contributed by atoms with E-state index in [1.165, 1.54) is 0 Å². The number of benzene rings is 2. The van der Waals surface area contributed by atoms with Gasteiger partial charge in [0.15, 0.2) is 0 Å². The van der Waals surface area contributed by atoms with E-state index in [0.717, 1.165) is 11.1 Å². The number of amides is 2. The Bertz CT molecular complexity index is 719. The average molecular weight is 323 g/mol. The molecule has 2 aliphatic rings. The van der Waals surface area contributed by atoms with Crippen LogP contribution in [0.2, 0.25) is 0 Å². The third-order valence-electron chi connectivity index (χ3n) is 4.89. The quantitative estimate of drug-likeness (QED) is 0.693. The van der Waals surface area contributed by atoms with Crippen LogP contribution in [0.5, 0.6) is 0 Å². The van der Waals surface area contributed by atoms with Gasteiger partial charge in [-0.05, 0) is 0 Å². The van der Waals surface area contributed by atoms with E-state index in [1.807, 2.05) is 60.7 Å². The molecule has 0 spiro atoms. The van der Waals surface area contributed by atoms with Gasteiger partial charge in [-0.25, -0.2) is 14.1 Å². The van der Waals surface area contributed by atoms with Crippen LogP contribution in [0.4, 0.5) is 4.79 Å². The first-order valence-corrected chi connectivity index (χ1v) is 8.11. The highest BCUT2D eigenvalue weighted by Gasteiger charge is 2.62. The minimum Gasteiger partial charge on any atom is -0.459 e. The average Bonchev–Trinajstić information content (AvgIpc) is 3.08. The van der Waals surface area contributed by atoms with Crippen LogP contribution in [0.15, 0.2) is 60.7 Å². The van der Waals surface area contributed by atoms with Crippen molar-refractivity contribution < 1.29 is 18.8 Å². The maximum absolute atomic E-state index is 12.9. The Hall–Kier alpha value is -2.66. The third kappa shape index (κ3) is 2.37. The molecule has 0 saturated carbocycles. The van der Waals surface area contributed by atoms with Crippen molar-refractivity contribution in [1.82, 2.24) is 5.32 Å². The summed E-state index contributed by atoms with van der Waals surface area (Å²) in [5.41, 5.74) is 2.06. The predicted molar refractivity (Wildman–Crippen MR) is 87.6 cm³/mol. The molecule has 4 rings (SSSR count). The van der Waals surface area contributed by atoms with E-state index >= 15 is 0 Å². The van der Waals surface area contributed by atoms with Crippen molar-refractivity contribution in [3.8, 4) is 0 Å². The van der Waals surface area contributed by atoms with Crippen molar-refractivity contribution in [2.45, 2.75) is 25.2 Å². The van der Waals surface area contributed by atoms with Crippen molar-refractivity contribution in [1.29, 1.82) is 0 Å². The third-order valence-corrected chi connectivity index (χ3v) is 4.89. The second-order valence-corrected chi connectivity index (χ2v) is 6.45. The lowest BCUT2D eigenvalue weighted by Crippen LogP contribution is -2.56. The first-order chi connectivity index (χ1) is 11.7. The second kappa shape index (κ2) is 5.76. The molecule has 0 bridgehead atoms. The summed E-state index contributed by atoms with van der Waals surface area (Å²) in [5, 5.41) is 2.97. The summed E-state index contributed by atoms with van der Waals surface area (Å²) in [7, 11) is 0. The Morgan fingerprint density at radius 1 is 0.917 bits per heavy atom. The van der Waals surface area contributed by atoms with Crippen LogP contribution in [0.3, 0.4) is 0 Å². The molecule has 2 aromatic rings. The van der Waals surface area contributed by atoms with Gasteiger partial charge in [-0.15, -0.1) is 0 Å². The summed E-state index contributed by atoms with van der Waals surface area (Å²) in [4.78, 5) is 25.3. The highest BCUT2D eigenvalue weighted by molar-refractivity contribution is 5.85. The number of rotatable bonds is 4. The van der Waals surface area contributed by atoms with Crippen molar-refractivity contribution in [2.75, 3.05) is 6.61 Å². The molecule has 5 heteroatoms. The van der Waals surface area contributed by atoms with E-state index in [2.05, 4.69) is 5.32 Å². The molecule has 2 fully saturated rings. The van der Waals surface area contributed by atoms with Crippen LogP contribution in [0, 0.1) is 0 Å². The molecule has 122 valence electrons. The molecule has 2 aromatic carbocycles. The predicted octanol–water partition coefficient (Wildman–Crippen LogP) is 2.22. The van der Waals surface area contributed by atoms with E-state index in [-0.39, 0.29) is 29.1 Å². The van der Waals surface area contributed by atoms with Crippen molar-refractivity contribution >= 4 is 12.0 Å². The van der Waals surface area contributed by atoms with Crippen LogP contribution in [-0.4, -0.2) is 35.2 Å². The first-order valence-electron chi connectivity index (χ1n) is 8.11. The molecule has 2 saturated heterocycles. The molecule has 2 aliphatic heterocycles. The minimum absolute atomic E-state index is 0.0392. The Labute approximate surface area is 140 Å². The lowest BCUT2D eigenvalue weighted by atomic mass is 10.0. The van der Waals surface area contributed by atoms with Crippen LogP contribution in [0.1, 0.15) is 11.1 Å². The number of urea groups is 1. The van der Waals surface area contributed by atoms with Gasteiger partial charge in [-0.3, -0.25) is 5.32 Å². The van der Waals surface area contributed by atoms with E-state index in [9.17, 15) is 9.59 Å². The lowest BCUT2D eigenvalue weighted by Gasteiger charge is -2.33. The van der Waals surface area contributed by atoms with Crippen LogP contribution in [-0.2, 0) is 22.6 Å². The fourth-order valence-electron chi connectivity index (χ4n) is 3.81. The SMILES string of the molecule is O=C1OCC2NC(=O)[N+](Cc3ccccc3)(Cc3ccccc3)C12. The largest absolute Gasteiger partial charge is 0.459 e. The lowest BCUT2D eigenvalue weighted by molar-refractivity contribution is -0.884. The number of cyclic esters (lactones) is 1. The molecule has 0 aromatic heterocycles. The highest BCUT2D eigenvalue weighted by atomic mass is 16.5. The van der Waals surface area contributed by atoms with Crippen LogP contribution in [0.25, 0.3) is 0 Å². The molecule has 5 nitrogen and oxygen atoms in total. The van der Waals surface area contributed by atoms with Gasteiger partial charge in [-0.2, -0.15) is 0 Å². The smallest absolute Gasteiger partial charge is 0.418 e. The molecule has 0 radical (unpaired) electrons. The molecule has 2 amide bonds. The number of fused-ring (bicyclic) bond motifs is 1. The summed E-state index contributed by atoms with van der Waals surface area (Å²) < 4.78 is 5.27. The van der Waals surface area contributed by atoms with E-state index in [0.29, 0.717) is 13.1 Å². The highest BCUT2D eigenvalue weighted by Crippen LogP contribution is 2.34. The fraction of sp³-hybridized carbons (Fsp3) is 0.263. The summed E-state index contributed by atoms with van der Waals surface area (Å²) in [6.07, 6.45) is 0. The summed E-state index contributed by atoms with van der Waals surface area (Å²) in [5.74, 6) is -0.287. The van der Waals surface area contributed by atoms with Crippen molar-refractivity contribution in [3.63, 3.8) is 0 Å². The zero-order valence-corrected chi connectivity index (χ0v) is 13.2. The summed E-state index contributed by atoms with van der Waals surface area (Å²) in [6.45, 7) is 1.20. The number of ether oxygens (including phenoxy) is 1. The Balaban J connectivity index is 1.77. The number of hydrogen-bond acceptors (Lipinski definition) is 3.